The van der Waals surface area contributed by atoms with Crippen molar-refractivity contribution in [2.24, 2.45) is 5.73 Å². The van der Waals surface area contributed by atoms with Crippen molar-refractivity contribution in [1.29, 1.82) is 0 Å². The number of rotatable bonds is 8. The second-order valence-electron chi connectivity index (χ2n) is 4.79. The van der Waals surface area contributed by atoms with Crippen LogP contribution in [0, 0.1) is 0 Å². The van der Waals surface area contributed by atoms with Gasteiger partial charge in [-0.25, -0.2) is 4.98 Å². The van der Waals surface area contributed by atoms with E-state index in [0.717, 1.165) is 31.9 Å². The zero-order valence-corrected chi connectivity index (χ0v) is 11.3. The summed E-state index contributed by atoms with van der Waals surface area (Å²) in [6, 6.07) is 0. The highest BCUT2D eigenvalue weighted by molar-refractivity contribution is 4.96. The van der Waals surface area contributed by atoms with Crippen LogP contribution in [0.5, 0.6) is 0 Å². The van der Waals surface area contributed by atoms with Crippen molar-refractivity contribution in [3.8, 4) is 0 Å². The second-order valence-corrected chi connectivity index (χ2v) is 4.79. The smallest absolute Gasteiger partial charge is 0.0950 e. The average Bonchev–Trinajstić information content (AvgIpc) is 2.65. The third-order valence-electron chi connectivity index (χ3n) is 2.65. The van der Waals surface area contributed by atoms with Crippen LogP contribution in [0.15, 0.2) is 12.5 Å². The topological polar surface area (TPSA) is 50.3 Å². The summed E-state index contributed by atoms with van der Waals surface area (Å²) in [4.78, 5) is 8.89. The zero-order chi connectivity index (χ0) is 12.7. The fraction of sp³-hybridized carbons (Fsp3) is 0.750. The van der Waals surface area contributed by atoms with Gasteiger partial charge in [0, 0.05) is 25.8 Å². The Bertz CT molecular complexity index is 308. The molecule has 98 valence electrons. The molecule has 0 spiro atoms. The maximum atomic E-state index is 5.50. The normalized spacial score (nSPS) is 11.6. The highest BCUT2D eigenvalue weighted by Gasteiger charge is 2.03. The lowest BCUT2D eigenvalue weighted by molar-refractivity contribution is 0.292. The van der Waals surface area contributed by atoms with E-state index in [0.29, 0.717) is 6.54 Å². The Morgan fingerprint density at radius 3 is 2.71 bits per heavy atom. The maximum absolute atomic E-state index is 5.50. The van der Waals surface area contributed by atoms with Crippen molar-refractivity contribution in [3.63, 3.8) is 0 Å². The van der Waals surface area contributed by atoms with E-state index in [-0.39, 0.29) is 0 Å². The largest absolute Gasteiger partial charge is 0.336 e. The van der Waals surface area contributed by atoms with Crippen LogP contribution >= 0.6 is 0 Å². The third kappa shape index (κ3) is 5.81. The van der Waals surface area contributed by atoms with E-state index in [1.54, 1.807) is 0 Å². The molecule has 1 aromatic rings. The first-order chi connectivity index (χ1) is 8.11. The average molecular weight is 239 g/mol. The third-order valence-corrected chi connectivity index (χ3v) is 2.65. The van der Waals surface area contributed by atoms with Gasteiger partial charge in [0.1, 0.15) is 0 Å². The minimum Gasteiger partial charge on any atom is -0.336 e. The molecule has 0 saturated carbocycles. The number of imidazole rings is 1. The van der Waals surface area contributed by atoms with Crippen molar-refractivity contribution in [2.75, 3.05) is 40.8 Å². The van der Waals surface area contributed by atoms with Crippen LogP contribution in [-0.2, 0) is 13.1 Å². The molecule has 0 atom stereocenters. The van der Waals surface area contributed by atoms with Gasteiger partial charge in [-0.1, -0.05) is 0 Å². The van der Waals surface area contributed by atoms with Crippen LogP contribution < -0.4 is 5.73 Å². The summed E-state index contributed by atoms with van der Waals surface area (Å²) in [5.74, 6) is 0. The molecule has 5 heteroatoms. The maximum Gasteiger partial charge on any atom is 0.0950 e. The molecule has 0 amide bonds. The molecule has 0 aliphatic heterocycles. The predicted octanol–water partition coefficient (Wildman–Crippen LogP) is 0.225. The highest BCUT2D eigenvalue weighted by atomic mass is 15.1. The molecule has 5 nitrogen and oxygen atoms in total. The molecule has 17 heavy (non-hydrogen) atoms. The van der Waals surface area contributed by atoms with Gasteiger partial charge in [0.2, 0.25) is 0 Å². The van der Waals surface area contributed by atoms with E-state index in [1.807, 2.05) is 10.9 Å². The van der Waals surface area contributed by atoms with Gasteiger partial charge >= 0.3 is 0 Å². The summed E-state index contributed by atoms with van der Waals surface area (Å²) in [5, 5.41) is 0. The molecule has 0 aromatic carbocycles. The Kier molecular flexibility index (Phi) is 6.18. The molecular formula is C12H25N5. The first-order valence-electron chi connectivity index (χ1n) is 6.16. The van der Waals surface area contributed by atoms with E-state index in [1.165, 1.54) is 6.42 Å². The quantitative estimate of drug-likeness (QED) is 0.705. The Balaban J connectivity index is 2.26. The lowest BCUT2D eigenvalue weighted by Gasteiger charge is -2.16. The first-order valence-corrected chi connectivity index (χ1v) is 6.16. The Hall–Kier alpha value is -0.910. The molecule has 0 bridgehead atoms. The van der Waals surface area contributed by atoms with Crippen molar-refractivity contribution in [1.82, 2.24) is 19.4 Å². The molecule has 0 aliphatic rings. The molecule has 2 N–H and O–H groups in total. The van der Waals surface area contributed by atoms with Gasteiger partial charge in [-0.15, -0.1) is 0 Å². The summed E-state index contributed by atoms with van der Waals surface area (Å²) in [6.45, 7) is 4.64. The molecule has 0 radical (unpaired) electrons. The number of aromatic nitrogens is 2. The number of nitrogens with zero attached hydrogens (tertiary/aromatic N) is 4. The van der Waals surface area contributed by atoms with E-state index in [9.17, 15) is 0 Å². The van der Waals surface area contributed by atoms with E-state index in [4.69, 9.17) is 5.73 Å². The Morgan fingerprint density at radius 2 is 2.06 bits per heavy atom. The van der Waals surface area contributed by atoms with Crippen molar-refractivity contribution < 1.29 is 0 Å². The number of nitrogens with two attached hydrogens (primary N) is 1. The predicted molar refractivity (Wildman–Crippen MR) is 70.8 cm³/mol. The lowest BCUT2D eigenvalue weighted by Crippen LogP contribution is -2.23. The van der Waals surface area contributed by atoms with Crippen LogP contribution in [0.2, 0.25) is 0 Å². The van der Waals surface area contributed by atoms with Gasteiger partial charge in [0.15, 0.2) is 0 Å². The van der Waals surface area contributed by atoms with E-state index in [2.05, 4.69) is 42.1 Å². The fourth-order valence-electron chi connectivity index (χ4n) is 1.77. The van der Waals surface area contributed by atoms with E-state index < -0.39 is 0 Å². The van der Waals surface area contributed by atoms with Gasteiger partial charge in [-0.05, 0) is 40.7 Å². The molecule has 0 saturated heterocycles. The van der Waals surface area contributed by atoms with Gasteiger partial charge in [0.05, 0.1) is 12.0 Å². The lowest BCUT2D eigenvalue weighted by atomic mass is 10.3. The summed E-state index contributed by atoms with van der Waals surface area (Å²) in [7, 11) is 6.35. The van der Waals surface area contributed by atoms with Crippen LogP contribution in [0.1, 0.15) is 12.1 Å². The van der Waals surface area contributed by atoms with Crippen molar-refractivity contribution in [3.05, 3.63) is 18.2 Å². The van der Waals surface area contributed by atoms with Gasteiger partial charge in [-0.2, -0.15) is 0 Å². The van der Waals surface area contributed by atoms with Crippen LogP contribution in [0.4, 0.5) is 0 Å². The number of hydrogen-bond donors (Lipinski definition) is 1. The zero-order valence-electron chi connectivity index (χ0n) is 11.3. The molecule has 0 fully saturated rings. The Morgan fingerprint density at radius 1 is 1.29 bits per heavy atom. The summed E-state index contributed by atoms with van der Waals surface area (Å²) >= 11 is 0. The SMILES string of the molecule is CN(C)CCCN(C)Cc1cn(CCN)cn1. The second kappa shape index (κ2) is 7.42. The standard InChI is InChI=1S/C12H25N5/c1-15(2)6-4-7-16(3)9-12-10-17(8-5-13)11-14-12/h10-11H,4-9,13H2,1-3H3. The van der Waals surface area contributed by atoms with Crippen LogP contribution in [-0.4, -0.2) is 60.1 Å². The molecule has 0 unspecified atom stereocenters. The van der Waals surface area contributed by atoms with Crippen LogP contribution in [0.3, 0.4) is 0 Å². The van der Waals surface area contributed by atoms with Gasteiger partial charge < -0.3 is 20.1 Å². The molecule has 1 aromatic heterocycles. The summed E-state index contributed by atoms with van der Waals surface area (Å²) < 4.78 is 2.04. The molecule has 1 heterocycles. The fourth-order valence-corrected chi connectivity index (χ4v) is 1.77. The monoisotopic (exact) mass is 239 g/mol. The molecular weight excluding hydrogens is 214 g/mol. The van der Waals surface area contributed by atoms with Crippen LogP contribution in [0.25, 0.3) is 0 Å². The highest BCUT2D eigenvalue weighted by Crippen LogP contribution is 2.01. The van der Waals surface area contributed by atoms with E-state index >= 15 is 0 Å². The summed E-state index contributed by atoms with van der Waals surface area (Å²) in [5.41, 5.74) is 6.62. The first kappa shape index (κ1) is 14.2. The molecule has 1 rings (SSSR count). The van der Waals surface area contributed by atoms with Gasteiger partial charge in [0.25, 0.3) is 0 Å². The minimum atomic E-state index is 0.661. The van der Waals surface area contributed by atoms with Gasteiger partial charge in [-0.3, -0.25) is 0 Å². The minimum absolute atomic E-state index is 0.661. The van der Waals surface area contributed by atoms with Crippen molar-refractivity contribution in [2.45, 2.75) is 19.5 Å². The van der Waals surface area contributed by atoms with Crippen molar-refractivity contribution >= 4 is 0 Å². The Labute approximate surface area is 104 Å². The molecule has 0 aliphatic carbocycles. The summed E-state index contributed by atoms with van der Waals surface area (Å²) in [6.07, 6.45) is 5.12. The number of hydrogen-bond acceptors (Lipinski definition) is 4.